The average Bonchev–Trinajstić information content (AvgIpc) is 2.58. The zero-order chi connectivity index (χ0) is 12.5. The molecule has 0 amide bonds. The molecule has 2 rings (SSSR count). The number of alkyl halides is 3. The molecule has 0 fully saturated rings. The second kappa shape index (κ2) is 4.12. The fourth-order valence-electron chi connectivity index (χ4n) is 1.60. The standard InChI is InChI=1S/C11H10F3N3/c12-11(13,14)7-17-10(9(15)6-16-17)8-4-2-1-3-5-8/h1-6H,7,15H2. The predicted molar refractivity (Wildman–Crippen MR) is 58.1 cm³/mol. The van der Waals surface area contributed by atoms with Crippen LogP contribution in [0.1, 0.15) is 0 Å². The molecule has 6 heteroatoms. The summed E-state index contributed by atoms with van der Waals surface area (Å²) in [5, 5.41) is 3.65. The molecule has 0 aliphatic rings. The first-order valence-corrected chi connectivity index (χ1v) is 4.91. The van der Waals surface area contributed by atoms with Crippen LogP contribution in [0.3, 0.4) is 0 Å². The van der Waals surface area contributed by atoms with Crippen molar-refractivity contribution >= 4 is 5.69 Å². The quantitative estimate of drug-likeness (QED) is 0.878. The van der Waals surface area contributed by atoms with Gasteiger partial charge in [-0.1, -0.05) is 30.3 Å². The van der Waals surface area contributed by atoms with Crippen LogP contribution in [-0.2, 0) is 6.54 Å². The van der Waals surface area contributed by atoms with Gasteiger partial charge in [0.05, 0.1) is 17.6 Å². The maximum Gasteiger partial charge on any atom is 0.408 e. The average molecular weight is 241 g/mol. The van der Waals surface area contributed by atoms with Gasteiger partial charge in [0, 0.05) is 5.56 Å². The van der Waals surface area contributed by atoms with Crippen LogP contribution >= 0.6 is 0 Å². The van der Waals surface area contributed by atoms with E-state index in [1.165, 1.54) is 6.20 Å². The fourth-order valence-corrected chi connectivity index (χ4v) is 1.60. The number of nitrogens with two attached hydrogens (primary N) is 1. The van der Waals surface area contributed by atoms with E-state index >= 15 is 0 Å². The maximum atomic E-state index is 12.3. The molecule has 17 heavy (non-hydrogen) atoms. The first-order valence-electron chi connectivity index (χ1n) is 4.91. The van der Waals surface area contributed by atoms with E-state index in [0.717, 1.165) is 4.68 Å². The molecule has 0 saturated carbocycles. The molecule has 0 radical (unpaired) electrons. The summed E-state index contributed by atoms with van der Waals surface area (Å²) in [6, 6.07) is 8.64. The van der Waals surface area contributed by atoms with Gasteiger partial charge in [-0.3, -0.25) is 4.68 Å². The Bertz CT molecular complexity index is 502. The van der Waals surface area contributed by atoms with Crippen molar-refractivity contribution < 1.29 is 13.2 Å². The molecule has 0 spiro atoms. The summed E-state index contributed by atoms with van der Waals surface area (Å²) < 4.78 is 37.9. The summed E-state index contributed by atoms with van der Waals surface area (Å²) >= 11 is 0. The van der Waals surface area contributed by atoms with Gasteiger partial charge in [0.1, 0.15) is 6.54 Å². The van der Waals surface area contributed by atoms with E-state index in [1.807, 2.05) is 0 Å². The number of rotatable bonds is 2. The van der Waals surface area contributed by atoms with Crippen LogP contribution < -0.4 is 5.73 Å². The smallest absolute Gasteiger partial charge is 0.396 e. The van der Waals surface area contributed by atoms with E-state index in [4.69, 9.17) is 5.73 Å². The van der Waals surface area contributed by atoms with E-state index < -0.39 is 12.7 Å². The van der Waals surface area contributed by atoms with Crippen molar-refractivity contribution in [1.29, 1.82) is 0 Å². The maximum absolute atomic E-state index is 12.3. The Morgan fingerprint density at radius 1 is 1.18 bits per heavy atom. The van der Waals surface area contributed by atoms with Crippen LogP contribution in [0, 0.1) is 0 Å². The van der Waals surface area contributed by atoms with Gasteiger partial charge in [-0.25, -0.2) is 0 Å². The summed E-state index contributed by atoms with van der Waals surface area (Å²) in [5.41, 5.74) is 6.79. The Balaban J connectivity index is 2.44. The highest BCUT2D eigenvalue weighted by Crippen LogP contribution is 2.28. The molecule has 0 aliphatic carbocycles. The molecule has 0 atom stereocenters. The summed E-state index contributed by atoms with van der Waals surface area (Å²) in [6.45, 7) is -1.14. The summed E-state index contributed by atoms with van der Waals surface area (Å²) in [5.74, 6) is 0. The molecule has 2 N–H and O–H groups in total. The van der Waals surface area contributed by atoms with E-state index in [9.17, 15) is 13.2 Å². The molecule has 3 nitrogen and oxygen atoms in total. The van der Waals surface area contributed by atoms with Crippen molar-refractivity contribution in [2.45, 2.75) is 12.7 Å². The lowest BCUT2D eigenvalue weighted by molar-refractivity contribution is -0.142. The largest absolute Gasteiger partial charge is 0.408 e. The van der Waals surface area contributed by atoms with E-state index in [0.29, 0.717) is 11.3 Å². The van der Waals surface area contributed by atoms with Crippen molar-refractivity contribution in [3.8, 4) is 11.3 Å². The molecule has 0 saturated heterocycles. The zero-order valence-electron chi connectivity index (χ0n) is 8.78. The Hall–Kier alpha value is -1.98. The molecule has 2 aromatic rings. The number of nitrogens with zero attached hydrogens (tertiary/aromatic N) is 2. The predicted octanol–water partition coefficient (Wildman–Crippen LogP) is 2.69. The second-order valence-corrected chi connectivity index (χ2v) is 3.59. The summed E-state index contributed by atoms with van der Waals surface area (Å²) in [4.78, 5) is 0. The first kappa shape index (κ1) is 11.5. The van der Waals surface area contributed by atoms with Crippen LogP contribution in [0.15, 0.2) is 36.5 Å². The first-order chi connectivity index (χ1) is 7.97. The highest BCUT2D eigenvalue weighted by Gasteiger charge is 2.30. The third-order valence-electron chi connectivity index (χ3n) is 2.24. The molecule has 1 aromatic heterocycles. The topological polar surface area (TPSA) is 43.8 Å². The number of benzene rings is 1. The SMILES string of the molecule is Nc1cnn(CC(F)(F)F)c1-c1ccccc1. The molecule has 0 aliphatic heterocycles. The third kappa shape index (κ3) is 2.58. The minimum absolute atomic E-state index is 0.237. The fraction of sp³-hybridized carbons (Fsp3) is 0.182. The monoisotopic (exact) mass is 241 g/mol. The lowest BCUT2D eigenvalue weighted by atomic mass is 10.1. The number of anilines is 1. The molecule has 0 unspecified atom stereocenters. The Morgan fingerprint density at radius 2 is 1.82 bits per heavy atom. The van der Waals surface area contributed by atoms with Crippen LogP contribution in [0.25, 0.3) is 11.3 Å². The van der Waals surface area contributed by atoms with Crippen molar-refractivity contribution in [3.05, 3.63) is 36.5 Å². The lowest BCUT2D eigenvalue weighted by Crippen LogP contribution is -2.19. The molecule has 0 bridgehead atoms. The van der Waals surface area contributed by atoms with E-state index in [-0.39, 0.29) is 5.69 Å². The number of hydrogen-bond acceptors (Lipinski definition) is 2. The summed E-state index contributed by atoms with van der Waals surface area (Å²) in [7, 11) is 0. The van der Waals surface area contributed by atoms with Gasteiger partial charge in [0.25, 0.3) is 0 Å². The Morgan fingerprint density at radius 3 is 2.41 bits per heavy atom. The molecule has 90 valence electrons. The number of hydrogen-bond donors (Lipinski definition) is 1. The molecule has 1 heterocycles. The zero-order valence-corrected chi connectivity index (χ0v) is 8.78. The van der Waals surface area contributed by atoms with Crippen LogP contribution in [0.2, 0.25) is 0 Å². The van der Waals surface area contributed by atoms with Gasteiger partial charge >= 0.3 is 6.18 Å². The van der Waals surface area contributed by atoms with Crippen molar-refractivity contribution in [2.75, 3.05) is 5.73 Å². The number of halogens is 3. The molecule has 1 aromatic carbocycles. The summed E-state index contributed by atoms with van der Waals surface area (Å²) in [6.07, 6.45) is -3.09. The van der Waals surface area contributed by atoms with Gasteiger partial charge < -0.3 is 5.73 Å². The molecular formula is C11H10F3N3. The molecular weight excluding hydrogens is 231 g/mol. The number of aromatic nitrogens is 2. The van der Waals surface area contributed by atoms with Crippen molar-refractivity contribution in [1.82, 2.24) is 9.78 Å². The van der Waals surface area contributed by atoms with Crippen molar-refractivity contribution in [2.24, 2.45) is 0 Å². The Kier molecular flexibility index (Phi) is 2.79. The van der Waals surface area contributed by atoms with Gasteiger partial charge in [-0.05, 0) is 0 Å². The number of nitrogen functional groups attached to an aromatic ring is 1. The lowest BCUT2D eigenvalue weighted by Gasteiger charge is -2.10. The van der Waals surface area contributed by atoms with Gasteiger partial charge in [0.15, 0.2) is 0 Å². The van der Waals surface area contributed by atoms with Gasteiger partial charge in [-0.2, -0.15) is 18.3 Å². The normalized spacial score (nSPS) is 11.7. The minimum Gasteiger partial charge on any atom is -0.396 e. The van der Waals surface area contributed by atoms with Crippen molar-refractivity contribution in [3.63, 3.8) is 0 Å². The Labute approximate surface area is 95.7 Å². The highest BCUT2D eigenvalue weighted by atomic mass is 19.4. The van der Waals surface area contributed by atoms with Crippen LogP contribution in [0.4, 0.5) is 18.9 Å². The van der Waals surface area contributed by atoms with Crippen LogP contribution in [-0.4, -0.2) is 16.0 Å². The van der Waals surface area contributed by atoms with Crippen LogP contribution in [0.5, 0.6) is 0 Å². The third-order valence-corrected chi connectivity index (χ3v) is 2.24. The van der Waals surface area contributed by atoms with E-state index in [2.05, 4.69) is 5.10 Å². The minimum atomic E-state index is -4.32. The van der Waals surface area contributed by atoms with E-state index in [1.54, 1.807) is 30.3 Å². The van der Waals surface area contributed by atoms with Gasteiger partial charge in [0.2, 0.25) is 0 Å². The van der Waals surface area contributed by atoms with Gasteiger partial charge in [-0.15, -0.1) is 0 Å². The second-order valence-electron chi connectivity index (χ2n) is 3.59. The highest BCUT2D eigenvalue weighted by molar-refractivity contribution is 5.72.